The highest BCUT2D eigenvalue weighted by Gasteiger charge is 2.14. The molecular formula is C15H14N2O2. The van der Waals surface area contributed by atoms with Crippen molar-refractivity contribution in [1.29, 1.82) is 0 Å². The fourth-order valence-electron chi connectivity index (χ4n) is 2.07. The Balaban J connectivity index is 2.24. The molecule has 4 heteroatoms. The molecule has 0 saturated carbocycles. The molecule has 0 amide bonds. The molecule has 0 saturated heterocycles. The van der Waals surface area contributed by atoms with Gasteiger partial charge in [0.2, 0.25) is 5.89 Å². The zero-order valence-corrected chi connectivity index (χ0v) is 10.8. The fourth-order valence-corrected chi connectivity index (χ4v) is 2.07. The SMILES string of the molecule is COc1cccc2oc(-c3cccc(C)c3N)nc12. The summed E-state index contributed by atoms with van der Waals surface area (Å²) in [6, 6.07) is 11.4. The van der Waals surface area contributed by atoms with Crippen LogP contribution in [-0.2, 0) is 0 Å². The van der Waals surface area contributed by atoms with E-state index in [1.165, 1.54) is 0 Å². The number of nitrogen functional groups attached to an aromatic ring is 1. The molecule has 1 aromatic heterocycles. The van der Waals surface area contributed by atoms with Crippen LogP contribution in [0.2, 0.25) is 0 Å². The number of methoxy groups -OCH3 is 1. The summed E-state index contributed by atoms with van der Waals surface area (Å²) in [7, 11) is 1.62. The smallest absolute Gasteiger partial charge is 0.229 e. The van der Waals surface area contributed by atoms with Gasteiger partial charge in [-0.25, -0.2) is 4.98 Å². The minimum atomic E-state index is 0.515. The summed E-state index contributed by atoms with van der Waals surface area (Å²) in [5, 5.41) is 0. The number of nitrogens with zero attached hydrogens (tertiary/aromatic N) is 1. The highest BCUT2D eigenvalue weighted by molar-refractivity contribution is 5.84. The Hall–Kier alpha value is -2.49. The third-order valence-corrected chi connectivity index (χ3v) is 3.16. The molecule has 96 valence electrons. The number of aromatic nitrogens is 1. The lowest BCUT2D eigenvalue weighted by Gasteiger charge is -2.03. The normalized spacial score (nSPS) is 10.8. The Morgan fingerprint density at radius 2 is 1.95 bits per heavy atom. The van der Waals surface area contributed by atoms with Crippen molar-refractivity contribution in [3.05, 3.63) is 42.0 Å². The Bertz CT molecular complexity index is 747. The monoisotopic (exact) mass is 254 g/mol. The molecular weight excluding hydrogens is 240 g/mol. The van der Waals surface area contributed by atoms with Crippen LogP contribution in [0.3, 0.4) is 0 Å². The molecule has 19 heavy (non-hydrogen) atoms. The average molecular weight is 254 g/mol. The number of aryl methyl sites for hydroxylation is 1. The van der Waals surface area contributed by atoms with E-state index in [1.807, 2.05) is 43.3 Å². The summed E-state index contributed by atoms with van der Waals surface area (Å²) in [4.78, 5) is 4.48. The average Bonchev–Trinajstić information content (AvgIpc) is 2.85. The van der Waals surface area contributed by atoms with Crippen LogP contribution >= 0.6 is 0 Å². The van der Waals surface area contributed by atoms with Gasteiger partial charge in [0.1, 0.15) is 5.75 Å². The number of ether oxygens (including phenoxy) is 1. The molecule has 3 aromatic rings. The van der Waals surface area contributed by atoms with Crippen molar-refractivity contribution in [2.24, 2.45) is 0 Å². The van der Waals surface area contributed by atoms with E-state index in [1.54, 1.807) is 7.11 Å². The zero-order valence-electron chi connectivity index (χ0n) is 10.8. The van der Waals surface area contributed by atoms with E-state index in [0.717, 1.165) is 11.1 Å². The Morgan fingerprint density at radius 1 is 1.16 bits per heavy atom. The number of rotatable bonds is 2. The van der Waals surface area contributed by atoms with E-state index in [9.17, 15) is 0 Å². The first kappa shape index (κ1) is 11.6. The molecule has 0 aliphatic carbocycles. The van der Waals surface area contributed by atoms with Crippen LogP contribution in [0, 0.1) is 6.92 Å². The molecule has 0 spiro atoms. The highest BCUT2D eigenvalue weighted by atomic mass is 16.5. The number of para-hydroxylation sites is 2. The molecule has 0 bridgehead atoms. The summed E-state index contributed by atoms with van der Waals surface area (Å²) in [5.74, 6) is 1.21. The van der Waals surface area contributed by atoms with Crippen LogP contribution in [0.25, 0.3) is 22.6 Å². The largest absolute Gasteiger partial charge is 0.494 e. The first-order valence-electron chi connectivity index (χ1n) is 5.99. The second-order valence-corrected chi connectivity index (χ2v) is 4.36. The van der Waals surface area contributed by atoms with Gasteiger partial charge in [0.15, 0.2) is 11.1 Å². The van der Waals surface area contributed by atoms with Crippen LogP contribution in [0.5, 0.6) is 5.75 Å². The standard InChI is InChI=1S/C15H14N2O2/c1-9-5-3-6-10(13(9)16)15-17-14-11(18-2)7-4-8-12(14)19-15/h3-8H,16H2,1-2H3. The Morgan fingerprint density at radius 3 is 2.74 bits per heavy atom. The van der Waals surface area contributed by atoms with Crippen molar-refractivity contribution < 1.29 is 9.15 Å². The van der Waals surface area contributed by atoms with Gasteiger partial charge in [-0.2, -0.15) is 0 Å². The van der Waals surface area contributed by atoms with E-state index >= 15 is 0 Å². The van der Waals surface area contributed by atoms with E-state index in [2.05, 4.69) is 4.98 Å². The van der Waals surface area contributed by atoms with Crippen molar-refractivity contribution in [2.45, 2.75) is 6.92 Å². The highest BCUT2D eigenvalue weighted by Crippen LogP contribution is 2.33. The maximum absolute atomic E-state index is 6.08. The van der Waals surface area contributed by atoms with E-state index < -0.39 is 0 Å². The maximum atomic E-state index is 6.08. The van der Waals surface area contributed by atoms with Crippen molar-refractivity contribution in [1.82, 2.24) is 4.98 Å². The molecule has 0 aliphatic rings. The van der Waals surface area contributed by atoms with E-state index in [4.69, 9.17) is 14.9 Å². The molecule has 1 heterocycles. The molecule has 2 aromatic carbocycles. The van der Waals surface area contributed by atoms with E-state index in [-0.39, 0.29) is 0 Å². The number of nitrogens with two attached hydrogens (primary N) is 1. The second-order valence-electron chi connectivity index (χ2n) is 4.36. The van der Waals surface area contributed by atoms with E-state index in [0.29, 0.717) is 28.4 Å². The summed E-state index contributed by atoms with van der Waals surface area (Å²) in [5.41, 5.74) is 9.97. The summed E-state index contributed by atoms with van der Waals surface area (Å²) in [6.07, 6.45) is 0. The second kappa shape index (κ2) is 4.31. The van der Waals surface area contributed by atoms with Gasteiger partial charge in [-0.3, -0.25) is 0 Å². The Kier molecular flexibility index (Phi) is 2.63. The van der Waals surface area contributed by atoms with Gasteiger partial charge in [-0.05, 0) is 30.7 Å². The number of hydrogen-bond donors (Lipinski definition) is 1. The maximum Gasteiger partial charge on any atom is 0.229 e. The molecule has 0 atom stereocenters. The van der Waals surface area contributed by atoms with Gasteiger partial charge in [0, 0.05) is 5.69 Å². The minimum Gasteiger partial charge on any atom is -0.494 e. The molecule has 3 rings (SSSR count). The molecule has 0 aliphatic heterocycles. The van der Waals surface area contributed by atoms with Crippen molar-refractivity contribution in [2.75, 3.05) is 12.8 Å². The first-order chi connectivity index (χ1) is 9.20. The predicted octanol–water partition coefficient (Wildman–Crippen LogP) is 3.39. The van der Waals surface area contributed by atoms with Crippen LogP contribution in [0.4, 0.5) is 5.69 Å². The van der Waals surface area contributed by atoms with Crippen molar-refractivity contribution >= 4 is 16.8 Å². The lowest BCUT2D eigenvalue weighted by Crippen LogP contribution is -1.93. The fraction of sp³-hybridized carbons (Fsp3) is 0.133. The molecule has 0 radical (unpaired) electrons. The molecule has 2 N–H and O–H groups in total. The number of oxazole rings is 1. The number of anilines is 1. The lowest BCUT2D eigenvalue weighted by atomic mass is 10.1. The van der Waals surface area contributed by atoms with Crippen LogP contribution in [0.1, 0.15) is 5.56 Å². The first-order valence-corrected chi connectivity index (χ1v) is 5.99. The van der Waals surface area contributed by atoms with Crippen LogP contribution in [0.15, 0.2) is 40.8 Å². The zero-order chi connectivity index (χ0) is 13.4. The number of benzene rings is 2. The summed E-state index contributed by atoms with van der Waals surface area (Å²) >= 11 is 0. The quantitative estimate of drug-likeness (QED) is 0.712. The third kappa shape index (κ3) is 1.81. The van der Waals surface area contributed by atoms with Crippen molar-refractivity contribution in [3.63, 3.8) is 0 Å². The van der Waals surface area contributed by atoms with Gasteiger partial charge in [-0.1, -0.05) is 18.2 Å². The third-order valence-electron chi connectivity index (χ3n) is 3.16. The summed E-state index contributed by atoms with van der Waals surface area (Å²) < 4.78 is 11.0. The number of hydrogen-bond acceptors (Lipinski definition) is 4. The van der Waals surface area contributed by atoms with Crippen LogP contribution in [-0.4, -0.2) is 12.1 Å². The summed E-state index contributed by atoms with van der Waals surface area (Å²) in [6.45, 7) is 1.96. The molecule has 0 fully saturated rings. The predicted molar refractivity (Wildman–Crippen MR) is 75.1 cm³/mol. The van der Waals surface area contributed by atoms with Gasteiger partial charge in [-0.15, -0.1) is 0 Å². The lowest BCUT2D eigenvalue weighted by molar-refractivity contribution is 0.419. The van der Waals surface area contributed by atoms with Gasteiger partial charge < -0.3 is 14.9 Å². The van der Waals surface area contributed by atoms with Gasteiger partial charge >= 0.3 is 0 Å². The topological polar surface area (TPSA) is 61.3 Å². The molecule has 0 unspecified atom stereocenters. The molecule has 4 nitrogen and oxygen atoms in total. The van der Waals surface area contributed by atoms with Crippen LogP contribution < -0.4 is 10.5 Å². The Labute approximate surface area is 110 Å². The van der Waals surface area contributed by atoms with Gasteiger partial charge in [0.25, 0.3) is 0 Å². The van der Waals surface area contributed by atoms with Crippen molar-refractivity contribution in [3.8, 4) is 17.2 Å². The minimum absolute atomic E-state index is 0.515. The van der Waals surface area contributed by atoms with Gasteiger partial charge in [0.05, 0.1) is 12.7 Å². The number of fused-ring (bicyclic) bond motifs is 1.